The quantitative estimate of drug-likeness (QED) is 0.500. The Balaban J connectivity index is 1.57. The standard InChI is InChI=1S/C20H22N4O5S/c1-14-22-19(29-23-14)8-5-13-21-20(25)15-9-11-16(12-10-15)30(26,27)24-17-6-3-4-7-18(17)28-2/h3-4,6-7,9-12,24H,5,8,13H2,1-2H3,(H,21,25). The Morgan fingerprint density at radius 3 is 2.53 bits per heavy atom. The van der Waals surface area contributed by atoms with Gasteiger partial charge in [0, 0.05) is 18.5 Å². The van der Waals surface area contributed by atoms with Gasteiger partial charge in [-0.25, -0.2) is 8.42 Å². The Kier molecular flexibility index (Phi) is 6.68. The number of rotatable bonds is 9. The summed E-state index contributed by atoms with van der Waals surface area (Å²) in [5.41, 5.74) is 0.693. The maximum absolute atomic E-state index is 12.6. The third-order valence-electron chi connectivity index (χ3n) is 4.20. The van der Waals surface area contributed by atoms with Crippen molar-refractivity contribution in [3.05, 3.63) is 65.8 Å². The average Bonchev–Trinajstić information content (AvgIpc) is 3.16. The first-order valence-corrected chi connectivity index (χ1v) is 10.7. The van der Waals surface area contributed by atoms with Crippen LogP contribution in [0.15, 0.2) is 57.9 Å². The van der Waals surface area contributed by atoms with Crippen LogP contribution in [-0.4, -0.2) is 38.1 Å². The molecule has 1 amide bonds. The van der Waals surface area contributed by atoms with Crippen molar-refractivity contribution in [1.29, 1.82) is 0 Å². The first kappa shape index (κ1) is 21.3. The minimum Gasteiger partial charge on any atom is -0.495 e. The SMILES string of the molecule is COc1ccccc1NS(=O)(=O)c1ccc(C(=O)NCCCc2nc(C)no2)cc1. The summed E-state index contributed by atoms with van der Waals surface area (Å²) in [5.74, 6) is 1.22. The van der Waals surface area contributed by atoms with Crippen molar-refractivity contribution in [3.8, 4) is 5.75 Å². The van der Waals surface area contributed by atoms with Gasteiger partial charge in [0.1, 0.15) is 5.75 Å². The van der Waals surface area contributed by atoms with Gasteiger partial charge in [-0.15, -0.1) is 0 Å². The maximum atomic E-state index is 12.6. The van der Waals surface area contributed by atoms with Crippen molar-refractivity contribution < 1.29 is 22.5 Å². The van der Waals surface area contributed by atoms with Crippen LogP contribution in [0.4, 0.5) is 5.69 Å². The molecule has 0 saturated heterocycles. The molecule has 1 heterocycles. The van der Waals surface area contributed by atoms with Crippen molar-refractivity contribution >= 4 is 21.6 Å². The number of ether oxygens (including phenoxy) is 1. The first-order valence-electron chi connectivity index (χ1n) is 9.22. The summed E-state index contributed by atoms with van der Waals surface area (Å²) in [6.07, 6.45) is 1.20. The van der Waals surface area contributed by atoms with Gasteiger partial charge in [-0.05, 0) is 49.7 Å². The molecule has 30 heavy (non-hydrogen) atoms. The van der Waals surface area contributed by atoms with Gasteiger partial charge in [0.05, 0.1) is 17.7 Å². The molecule has 0 unspecified atom stereocenters. The number of amides is 1. The highest BCUT2D eigenvalue weighted by Crippen LogP contribution is 2.26. The van der Waals surface area contributed by atoms with Gasteiger partial charge in [0.2, 0.25) is 5.89 Å². The summed E-state index contributed by atoms with van der Waals surface area (Å²) in [6, 6.07) is 12.4. The normalized spacial score (nSPS) is 11.1. The Morgan fingerprint density at radius 1 is 1.13 bits per heavy atom. The van der Waals surface area contributed by atoms with E-state index in [2.05, 4.69) is 20.2 Å². The number of para-hydroxylation sites is 2. The van der Waals surface area contributed by atoms with Crippen molar-refractivity contribution in [1.82, 2.24) is 15.5 Å². The van der Waals surface area contributed by atoms with E-state index in [1.54, 1.807) is 31.2 Å². The lowest BCUT2D eigenvalue weighted by Crippen LogP contribution is -2.25. The summed E-state index contributed by atoms with van der Waals surface area (Å²) < 4.78 is 37.9. The molecule has 1 aromatic heterocycles. The number of hydrogen-bond acceptors (Lipinski definition) is 7. The van der Waals surface area contributed by atoms with Crippen molar-refractivity contribution in [3.63, 3.8) is 0 Å². The number of benzene rings is 2. The molecule has 2 aromatic carbocycles. The second-order valence-corrected chi connectivity index (χ2v) is 8.11. The second-order valence-electron chi connectivity index (χ2n) is 6.42. The number of hydrogen-bond donors (Lipinski definition) is 2. The smallest absolute Gasteiger partial charge is 0.262 e. The Morgan fingerprint density at radius 2 is 1.87 bits per heavy atom. The third-order valence-corrected chi connectivity index (χ3v) is 5.58. The molecule has 0 aliphatic rings. The minimum absolute atomic E-state index is 0.0386. The zero-order valence-electron chi connectivity index (χ0n) is 16.6. The van der Waals surface area contributed by atoms with Crippen molar-refractivity contribution in [2.75, 3.05) is 18.4 Å². The van der Waals surface area contributed by atoms with Crippen LogP contribution < -0.4 is 14.8 Å². The lowest BCUT2D eigenvalue weighted by atomic mass is 10.2. The highest BCUT2D eigenvalue weighted by Gasteiger charge is 2.17. The Hall–Kier alpha value is -3.40. The second kappa shape index (κ2) is 9.40. The minimum atomic E-state index is -3.82. The topological polar surface area (TPSA) is 123 Å². The van der Waals surface area contributed by atoms with E-state index in [-0.39, 0.29) is 10.8 Å². The van der Waals surface area contributed by atoms with Crippen molar-refractivity contribution in [2.45, 2.75) is 24.7 Å². The number of carbonyl (C=O) groups is 1. The Bertz CT molecular complexity index is 1110. The van der Waals surface area contributed by atoms with E-state index in [1.807, 2.05) is 0 Å². The zero-order valence-corrected chi connectivity index (χ0v) is 17.4. The number of anilines is 1. The van der Waals surface area contributed by atoms with Crippen LogP contribution in [0, 0.1) is 6.92 Å². The van der Waals surface area contributed by atoms with Gasteiger partial charge >= 0.3 is 0 Å². The molecule has 0 aliphatic heterocycles. The summed E-state index contributed by atoms with van der Waals surface area (Å²) in [7, 11) is -2.36. The Labute approximate surface area is 174 Å². The van der Waals surface area contributed by atoms with E-state index < -0.39 is 10.0 Å². The summed E-state index contributed by atoms with van der Waals surface area (Å²) in [5, 5.41) is 6.49. The summed E-state index contributed by atoms with van der Waals surface area (Å²) in [6.45, 7) is 2.17. The largest absolute Gasteiger partial charge is 0.495 e. The molecule has 2 N–H and O–H groups in total. The van der Waals surface area contributed by atoms with Gasteiger partial charge in [-0.2, -0.15) is 4.98 Å². The van der Waals surface area contributed by atoms with Gasteiger partial charge in [0.15, 0.2) is 5.82 Å². The van der Waals surface area contributed by atoms with Crippen LogP contribution in [-0.2, 0) is 16.4 Å². The fraction of sp³-hybridized carbons (Fsp3) is 0.250. The number of aryl methyl sites for hydroxylation is 2. The molecule has 158 valence electrons. The average molecular weight is 430 g/mol. The molecule has 0 bridgehead atoms. The van der Waals surface area contributed by atoms with Crippen LogP contribution >= 0.6 is 0 Å². The highest BCUT2D eigenvalue weighted by atomic mass is 32.2. The molecular weight excluding hydrogens is 408 g/mol. The fourth-order valence-electron chi connectivity index (χ4n) is 2.70. The van der Waals surface area contributed by atoms with Crippen LogP contribution in [0.5, 0.6) is 5.75 Å². The van der Waals surface area contributed by atoms with Gasteiger partial charge in [0.25, 0.3) is 15.9 Å². The number of nitrogens with one attached hydrogen (secondary N) is 2. The number of sulfonamides is 1. The van der Waals surface area contributed by atoms with Crippen molar-refractivity contribution in [2.24, 2.45) is 0 Å². The van der Waals surface area contributed by atoms with E-state index in [4.69, 9.17) is 9.26 Å². The number of aromatic nitrogens is 2. The van der Waals surface area contributed by atoms with Gasteiger partial charge in [-0.1, -0.05) is 17.3 Å². The van der Waals surface area contributed by atoms with E-state index in [0.29, 0.717) is 48.1 Å². The predicted octanol–water partition coefficient (Wildman–Crippen LogP) is 2.55. The monoisotopic (exact) mass is 430 g/mol. The van der Waals surface area contributed by atoms with Crippen LogP contribution in [0.2, 0.25) is 0 Å². The van der Waals surface area contributed by atoms with E-state index in [9.17, 15) is 13.2 Å². The maximum Gasteiger partial charge on any atom is 0.262 e. The van der Waals surface area contributed by atoms with E-state index in [1.165, 1.54) is 31.4 Å². The molecule has 3 aromatic rings. The first-order chi connectivity index (χ1) is 14.4. The molecule has 0 radical (unpaired) electrons. The lowest BCUT2D eigenvalue weighted by Gasteiger charge is -2.12. The highest BCUT2D eigenvalue weighted by molar-refractivity contribution is 7.92. The number of carbonyl (C=O) groups excluding carboxylic acids is 1. The van der Waals surface area contributed by atoms with Gasteiger partial charge in [-0.3, -0.25) is 9.52 Å². The summed E-state index contributed by atoms with van der Waals surface area (Å²) in [4.78, 5) is 16.4. The zero-order chi connectivity index (χ0) is 21.6. The fourth-order valence-corrected chi connectivity index (χ4v) is 3.77. The number of nitrogens with zero attached hydrogens (tertiary/aromatic N) is 2. The molecule has 0 spiro atoms. The molecule has 9 nitrogen and oxygen atoms in total. The molecule has 10 heteroatoms. The molecular formula is C20H22N4O5S. The van der Waals surface area contributed by atoms with E-state index in [0.717, 1.165) is 0 Å². The van der Waals surface area contributed by atoms with Crippen LogP contribution in [0.3, 0.4) is 0 Å². The van der Waals surface area contributed by atoms with Crippen LogP contribution in [0.25, 0.3) is 0 Å². The van der Waals surface area contributed by atoms with Crippen LogP contribution in [0.1, 0.15) is 28.5 Å². The summed E-state index contributed by atoms with van der Waals surface area (Å²) >= 11 is 0. The molecule has 0 saturated carbocycles. The molecule has 0 fully saturated rings. The lowest BCUT2D eigenvalue weighted by molar-refractivity contribution is 0.0953. The predicted molar refractivity (Wildman–Crippen MR) is 110 cm³/mol. The van der Waals surface area contributed by atoms with Gasteiger partial charge < -0.3 is 14.6 Å². The third kappa shape index (κ3) is 5.35. The molecule has 0 aliphatic carbocycles. The molecule has 3 rings (SSSR count). The van der Waals surface area contributed by atoms with E-state index >= 15 is 0 Å². The number of methoxy groups -OCH3 is 1. The molecule has 0 atom stereocenters.